The maximum absolute atomic E-state index is 11.7. The van der Waals surface area contributed by atoms with Gasteiger partial charge in [-0.15, -0.1) is 0 Å². The SMILES string of the molecule is CCC(O/C(=C(\C)c1cc[nH]c(=O)c1)c1ccccc1)C(C)(C)C. The fraction of sp³-hybridized carbons (Fsp3) is 0.381. The Morgan fingerprint density at radius 1 is 1.12 bits per heavy atom. The van der Waals surface area contributed by atoms with Crippen molar-refractivity contribution < 1.29 is 4.74 Å². The number of H-pyrrole nitrogens is 1. The molecule has 1 aromatic carbocycles. The molecule has 0 aliphatic heterocycles. The number of aromatic nitrogens is 1. The molecule has 3 nitrogen and oxygen atoms in total. The molecule has 0 aliphatic carbocycles. The monoisotopic (exact) mass is 325 g/mol. The fourth-order valence-electron chi connectivity index (χ4n) is 2.79. The first-order valence-electron chi connectivity index (χ1n) is 8.45. The highest BCUT2D eigenvalue weighted by atomic mass is 16.5. The minimum absolute atomic E-state index is 0.0310. The summed E-state index contributed by atoms with van der Waals surface area (Å²) in [4.78, 5) is 14.3. The van der Waals surface area contributed by atoms with E-state index < -0.39 is 0 Å². The van der Waals surface area contributed by atoms with Crippen LogP contribution in [0.1, 0.15) is 52.2 Å². The Balaban J connectivity index is 2.55. The molecule has 0 radical (unpaired) electrons. The van der Waals surface area contributed by atoms with Crippen LogP contribution in [-0.2, 0) is 4.74 Å². The largest absolute Gasteiger partial charge is 0.489 e. The molecule has 1 atom stereocenters. The standard InChI is InChI=1S/C21H27NO2/c1-6-18(21(3,4)5)24-20(16-10-8-7-9-11-16)15(2)17-12-13-22-19(23)14-17/h7-14,18H,6H2,1-5H3,(H,22,23)/b20-15+. The summed E-state index contributed by atoms with van der Waals surface area (Å²) in [7, 11) is 0. The second-order valence-electron chi connectivity index (χ2n) is 7.14. The Labute approximate surface area is 144 Å². The second-order valence-corrected chi connectivity index (χ2v) is 7.14. The lowest BCUT2D eigenvalue weighted by Crippen LogP contribution is -2.28. The van der Waals surface area contributed by atoms with Gasteiger partial charge in [-0.05, 0) is 36.0 Å². The van der Waals surface area contributed by atoms with Crippen molar-refractivity contribution in [3.05, 3.63) is 70.1 Å². The lowest BCUT2D eigenvalue weighted by atomic mass is 9.87. The quantitative estimate of drug-likeness (QED) is 0.777. The Hall–Kier alpha value is -2.29. The van der Waals surface area contributed by atoms with Gasteiger partial charge in [0.25, 0.3) is 0 Å². The molecular weight excluding hydrogens is 298 g/mol. The number of pyridine rings is 1. The molecule has 1 unspecified atom stereocenters. The zero-order chi connectivity index (χ0) is 17.7. The van der Waals surface area contributed by atoms with E-state index in [2.05, 4.69) is 32.7 Å². The highest BCUT2D eigenvalue weighted by molar-refractivity contribution is 5.86. The molecule has 128 valence electrons. The topological polar surface area (TPSA) is 42.1 Å². The van der Waals surface area contributed by atoms with Crippen molar-refractivity contribution in [1.82, 2.24) is 4.98 Å². The third-order valence-corrected chi connectivity index (χ3v) is 4.18. The van der Waals surface area contributed by atoms with Crippen molar-refractivity contribution in [1.29, 1.82) is 0 Å². The summed E-state index contributed by atoms with van der Waals surface area (Å²) >= 11 is 0. The molecule has 24 heavy (non-hydrogen) atoms. The van der Waals surface area contributed by atoms with E-state index >= 15 is 0 Å². The van der Waals surface area contributed by atoms with Crippen LogP contribution in [0.15, 0.2) is 53.5 Å². The highest BCUT2D eigenvalue weighted by Gasteiger charge is 2.26. The second kappa shape index (κ2) is 7.52. The number of nitrogens with one attached hydrogen (secondary N) is 1. The van der Waals surface area contributed by atoms with Crippen LogP contribution in [0.2, 0.25) is 0 Å². The van der Waals surface area contributed by atoms with E-state index in [9.17, 15) is 4.79 Å². The van der Waals surface area contributed by atoms with Crippen LogP contribution in [0.5, 0.6) is 0 Å². The van der Waals surface area contributed by atoms with Gasteiger partial charge in [-0.2, -0.15) is 0 Å². The van der Waals surface area contributed by atoms with Gasteiger partial charge in [0, 0.05) is 17.8 Å². The first-order chi connectivity index (χ1) is 11.3. The van der Waals surface area contributed by atoms with Crippen LogP contribution >= 0.6 is 0 Å². The van der Waals surface area contributed by atoms with E-state index in [1.165, 1.54) is 0 Å². The average Bonchev–Trinajstić information content (AvgIpc) is 2.55. The maximum Gasteiger partial charge on any atom is 0.248 e. The molecule has 0 saturated carbocycles. The summed E-state index contributed by atoms with van der Waals surface area (Å²) in [5, 5.41) is 0. The van der Waals surface area contributed by atoms with Gasteiger partial charge in [0.2, 0.25) is 5.56 Å². The molecular formula is C21H27NO2. The van der Waals surface area contributed by atoms with Gasteiger partial charge in [-0.3, -0.25) is 4.79 Å². The summed E-state index contributed by atoms with van der Waals surface area (Å²) in [6.07, 6.45) is 2.68. The maximum atomic E-state index is 11.7. The number of rotatable bonds is 5. The number of benzene rings is 1. The molecule has 0 spiro atoms. The average molecular weight is 325 g/mol. The summed E-state index contributed by atoms with van der Waals surface area (Å²) in [6.45, 7) is 10.7. The Morgan fingerprint density at radius 2 is 1.79 bits per heavy atom. The first kappa shape index (κ1) is 18.1. The first-order valence-corrected chi connectivity index (χ1v) is 8.45. The third-order valence-electron chi connectivity index (χ3n) is 4.18. The summed E-state index contributed by atoms with van der Waals surface area (Å²) < 4.78 is 6.47. The van der Waals surface area contributed by atoms with E-state index in [1.54, 1.807) is 12.3 Å². The molecule has 1 N–H and O–H groups in total. The summed E-state index contributed by atoms with van der Waals surface area (Å²) in [5.41, 5.74) is 2.79. The van der Waals surface area contributed by atoms with E-state index in [4.69, 9.17) is 4.74 Å². The van der Waals surface area contributed by atoms with Crippen LogP contribution in [-0.4, -0.2) is 11.1 Å². The lowest BCUT2D eigenvalue weighted by Gasteiger charge is -2.32. The number of ether oxygens (including phenoxy) is 1. The molecule has 3 heteroatoms. The van der Waals surface area contributed by atoms with E-state index in [1.807, 2.05) is 43.3 Å². The van der Waals surface area contributed by atoms with Gasteiger partial charge in [-0.1, -0.05) is 58.0 Å². The number of allylic oxidation sites excluding steroid dienone is 1. The molecule has 0 saturated heterocycles. The predicted molar refractivity (Wildman–Crippen MR) is 101 cm³/mol. The van der Waals surface area contributed by atoms with Gasteiger partial charge >= 0.3 is 0 Å². The number of hydrogen-bond donors (Lipinski definition) is 1. The lowest BCUT2D eigenvalue weighted by molar-refractivity contribution is 0.0586. The van der Waals surface area contributed by atoms with E-state index in [0.717, 1.165) is 28.9 Å². The number of aromatic amines is 1. The zero-order valence-corrected chi connectivity index (χ0v) is 15.2. The van der Waals surface area contributed by atoms with E-state index in [0.29, 0.717) is 0 Å². The van der Waals surface area contributed by atoms with Gasteiger partial charge in [-0.25, -0.2) is 0 Å². The molecule has 2 aromatic rings. The normalized spacial score (nSPS) is 14.0. The van der Waals surface area contributed by atoms with Crippen LogP contribution in [0, 0.1) is 5.41 Å². The minimum atomic E-state index is -0.109. The van der Waals surface area contributed by atoms with Crippen molar-refractivity contribution in [2.24, 2.45) is 5.41 Å². The Morgan fingerprint density at radius 3 is 2.33 bits per heavy atom. The minimum Gasteiger partial charge on any atom is -0.489 e. The van der Waals surface area contributed by atoms with Crippen molar-refractivity contribution >= 4 is 11.3 Å². The van der Waals surface area contributed by atoms with Crippen molar-refractivity contribution in [3.8, 4) is 0 Å². The molecule has 1 heterocycles. The van der Waals surface area contributed by atoms with Crippen LogP contribution < -0.4 is 5.56 Å². The van der Waals surface area contributed by atoms with Gasteiger partial charge < -0.3 is 9.72 Å². The molecule has 0 bridgehead atoms. The zero-order valence-electron chi connectivity index (χ0n) is 15.2. The predicted octanol–water partition coefficient (Wildman–Crippen LogP) is 5.10. The van der Waals surface area contributed by atoms with Gasteiger partial charge in [0.05, 0.1) is 0 Å². The van der Waals surface area contributed by atoms with Crippen molar-refractivity contribution in [2.75, 3.05) is 0 Å². The van der Waals surface area contributed by atoms with Gasteiger partial charge in [0.1, 0.15) is 11.9 Å². The van der Waals surface area contributed by atoms with Crippen molar-refractivity contribution in [3.63, 3.8) is 0 Å². The Kier molecular flexibility index (Phi) is 5.66. The highest BCUT2D eigenvalue weighted by Crippen LogP contribution is 2.33. The summed E-state index contributed by atoms with van der Waals surface area (Å²) in [6, 6.07) is 13.6. The smallest absolute Gasteiger partial charge is 0.248 e. The fourth-order valence-corrected chi connectivity index (χ4v) is 2.79. The van der Waals surface area contributed by atoms with Crippen molar-refractivity contribution in [2.45, 2.75) is 47.1 Å². The molecule has 0 aliphatic rings. The van der Waals surface area contributed by atoms with E-state index in [-0.39, 0.29) is 17.1 Å². The van der Waals surface area contributed by atoms with Crippen LogP contribution in [0.3, 0.4) is 0 Å². The molecule has 0 fully saturated rings. The molecule has 2 rings (SSSR count). The van der Waals surface area contributed by atoms with Crippen LogP contribution in [0.4, 0.5) is 0 Å². The molecule has 0 amide bonds. The third kappa shape index (κ3) is 4.38. The Bertz CT molecular complexity index is 751. The van der Waals surface area contributed by atoms with Gasteiger partial charge in [0.15, 0.2) is 0 Å². The number of hydrogen-bond acceptors (Lipinski definition) is 2. The van der Waals surface area contributed by atoms with Crippen LogP contribution in [0.25, 0.3) is 11.3 Å². The molecule has 1 aromatic heterocycles. The summed E-state index contributed by atoms with van der Waals surface area (Å²) in [5.74, 6) is 0.836.